The van der Waals surface area contributed by atoms with Crippen LogP contribution in [0.3, 0.4) is 0 Å². The zero-order valence-corrected chi connectivity index (χ0v) is 17.1. The first-order chi connectivity index (χ1) is 11.5. The lowest BCUT2D eigenvalue weighted by molar-refractivity contribution is -0.134. The van der Waals surface area contributed by atoms with Crippen LogP contribution in [0.5, 0.6) is 5.75 Å². The third kappa shape index (κ3) is 6.53. The number of hydrogen-bond acceptors (Lipinski definition) is 5. The van der Waals surface area contributed by atoms with Gasteiger partial charge in [-0.15, -0.1) is 12.4 Å². The van der Waals surface area contributed by atoms with Gasteiger partial charge in [0.15, 0.2) is 0 Å². The quantitative estimate of drug-likeness (QED) is 0.751. The van der Waals surface area contributed by atoms with E-state index < -0.39 is 0 Å². The number of halogens is 2. The van der Waals surface area contributed by atoms with Gasteiger partial charge in [0.25, 0.3) is 0 Å². The van der Waals surface area contributed by atoms with Crippen LogP contribution in [0.15, 0.2) is 18.2 Å². The van der Waals surface area contributed by atoms with Crippen molar-refractivity contribution in [3.63, 3.8) is 0 Å². The van der Waals surface area contributed by atoms with E-state index in [0.717, 1.165) is 43.1 Å². The summed E-state index contributed by atoms with van der Waals surface area (Å²) in [6.45, 7) is 3.86. The third-order valence-electron chi connectivity index (χ3n) is 4.27. The van der Waals surface area contributed by atoms with Gasteiger partial charge in [0.2, 0.25) is 5.91 Å². The molecule has 8 heteroatoms. The van der Waals surface area contributed by atoms with Crippen LogP contribution in [0.25, 0.3) is 0 Å². The first-order valence-corrected chi connectivity index (χ1v) is 9.90. The minimum atomic E-state index is -0.378. The number of methoxy groups -OCH3 is 1. The molecule has 1 amide bonds. The average molecular weight is 408 g/mol. The molecule has 1 aliphatic rings. The lowest BCUT2D eigenvalue weighted by Gasteiger charge is -2.36. The summed E-state index contributed by atoms with van der Waals surface area (Å²) in [5.74, 6) is 1.84. The van der Waals surface area contributed by atoms with Crippen molar-refractivity contribution < 1.29 is 9.53 Å². The Morgan fingerprint density at radius 3 is 2.64 bits per heavy atom. The fraction of sp³-hybridized carbons (Fsp3) is 0.588. The fourth-order valence-corrected chi connectivity index (χ4v) is 3.53. The highest BCUT2D eigenvalue weighted by molar-refractivity contribution is 7.98. The molecule has 2 N–H and O–H groups in total. The highest BCUT2D eigenvalue weighted by atomic mass is 35.5. The first kappa shape index (κ1) is 22.4. The Bertz CT molecular complexity index is 555. The maximum Gasteiger partial charge on any atom is 0.239 e. The Morgan fingerprint density at radius 2 is 2.04 bits per heavy atom. The van der Waals surface area contributed by atoms with Crippen LogP contribution in [-0.4, -0.2) is 67.0 Å². The molecule has 1 fully saturated rings. The predicted molar refractivity (Wildman–Crippen MR) is 108 cm³/mol. The summed E-state index contributed by atoms with van der Waals surface area (Å²) in [5, 5.41) is 0.708. The van der Waals surface area contributed by atoms with Gasteiger partial charge in [0, 0.05) is 43.3 Å². The highest BCUT2D eigenvalue weighted by Gasteiger charge is 2.25. The number of benzene rings is 1. The molecule has 0 aliphatic carbocycles. The number of thioether (sulfide) groups is 1. The second-order valence-corrected chi connectivity index (χ2v) is 7.37. The molecule has 0 spiro atoms. The van der Waals surface area contributed by atoms with Crippen molar-refractivity contribution >= 4 is 41.7 Å². The highest BCUT2D eigenvalue weighted by Crippen LogP contribution is 2.24. The summed E-state index contributed by atoms with van der Waals surface area (Å²) in [4.78, 5) is 16.5. The van der Waals surface area contributed by atoms with Crippen LogP contribution in [0.1, 0.15) is 12.0 Å². The number of hydrogen-bond donors (Lipinski definition) is 1. The number of carbonyl (C=O) groups is 1. The van der Waals surface area contributed by atoms with Gasteiger partial charge in [0.05, 0.1) is 13.2 Å². The van der Waals surface area contributed by atoms with E-state index in [-0.39, 0.29) is 24.4 Å². The molecule has 1 aromatic rings. The van der Waals surface area contributed by atoms with Crippen molar-refractivity contribution in [1.82, 2.24) is 9.80 Å². The molecule has 0 radical (unpaired) electrons. The van der Waals surface area contributed by atoms with E-state index in [2.05, 4.69) is 4.90 Å². The SMILES string of the molecule is COc1ccc(Cl)cc1CN1CCN(C(=O)[C@@H](N)CCSC)CC1.Cl. The molecular weight excluding hydrogens is 381 g/mol. The van der Waals surface area contributed by atoms with Crippen LogP contribution < -0.4 is 10.5 Å². The maximum absolute atomic E-state index is 12.3. The Balaban J connectivity index is 0.00000312. The van der Waals surface area contributed by atoms with Gasteiger partial charge >= 0.3 is 0 Å². The van der Waals surface area contributed by atoms with Crippen molar-refractivity contribution in [2.24, 2.45) is 5.73 Å². The molecular formula is C17H27Cl2N3O2S. The van der Waals surface area contributed by atoms with E-state index in [1.54, 1.807) is 18.9 Å². The molecule has 2 rings (SSSR count). The van der Waals surface area contributed by atoms with Gasteiger partial charge < -0.3 is 15.4 Å². The van der Waals surface area contributed by atoms with Gasteiger partial charge in [-0.25, -0.2) is 0 Å². The van der Waals surface area contributed by atoms with Gasteiger partial charge in [0.1, 0.15) is 5.75 Å². The molecule has 25 heavy (non-hydrogen) atoms. The largest absolute Gasteiger partial charge is 0.496 e. The predicted octanol–water partition coefficient (Wildman–Crippen LogP) is 2.50. The zero-order valence-electron chi connectivity index (χ0n) is 14.7. The topological polar surface area (TPSA) is 58.8 Å². The number of amides is 1. The summed E-state index contributed by atoms with van der Waals surface area (Å²) in [6, 6.07) is 5.28. The summed E-state index contributed by atoms with van der Waals surface area (Å²) < 4.78 is 5.40. The molecule has 0 saturated carbocycles. The van der Waals surface area contributed by atoms with Crippen molar-refractivity contribution in [1.29, 1.82) is 0 Å². The van der Waals surface area contributed by atoms with E-state index in [1.165, 1.54) is 0 Å². The second kappa shape index (κ2) is 11.1. The van der Waals surface area contributed by atoms with Crippen LogP contribution in [0.4, 0.5) is 0 Å². The number of rotatable bonds is 7. The Morgan fingerprint density at radius 1 is 1.36 bits per heavy atom. The number of nitrogens with zero attached hydrogens (tertiary/aromatic N) is 2. The molecule has 1 aliphatic heterocycles. The lowest BCUT2D eigenvalue weighted by Crippen LogP contribution is -2.53. The van der Waals surface area contributed by atoms with Gasteiger partial charge in [-0.2, -0.15) is 11.8 Å². The summed E-state index contributed by atoms with van der Waals surface area (Å²) in [6.07, 6.45) is 2.76. The Labute approximate surface area is 165 Å². The fourth-order valence-electron chi connectivity index (χ4n) is 2.84. The third-order valence-corrected chi connectivity index (χ3v) is 5.15. The number of ether oxygens (including phenoxy) is 1. The second-order valence-electron chi connectivity index (χ2n) is 5.95. The van der Waals surface area contributed by atoms with Crippen LogP contribution in [0, 0.1) is 0 Å². The number of piperazine rings is 1. The lowest BCUT2D eigenvalue weighted by atomic mass is 10.1. The van der Waals surface area contributed by atoms with Gasteiger partial charge in [-0.3, -0.25) is 9.69 Å². The molecule has 0 aromatic heterocycles. The minimum absolute atomic E-state index is 0. The monoisotopic (exact) mass is 407 g/mol. The molecule has 5 nitrogen and oxygen atoms in total. The van der Waals surface area contributed by atoms with E-state index in [1.807, 2.05) is 29.4 Å². The van der Waals surface area contributed by atoms with Crippen LogP contribution >= 0.6 is 35.8 Å². The molecule has 1 atom stereocenters. The normalized spacial score (nSPS) is 16.2. The maximum atomic E-state index is 12.3. The number of nitrogens with two attached hydrogens (primary N) is 1. The van der Waals surface area contributed by atoms with E-state index >= 15 is 0 Å². The smallest absolute Gasteiger partial charge is 0.239 e. The molecule has 142 valence electrons. The Hall–Kier alpha value is -0.660. The minimum Gasteiger partial charge on any atom is -0.496 e. The summed E-state index contributed by atoms with van der Waals surface area (Å²) >= 11 is 7.81. The van der Waals surface area contributed by atoms with E-state index in [4.69, 9.17) is 22.1 Å². The number of carbonyl (C=O) groups excluding carboxylic acids is 1. The molecule has 1 aromatic carbocycles. The van der Waals surface area contributed by atoms with Crippen molar-refractivity contribution in [2.75, 3.05) is 45.3 Å². The van der Waals surface area contributed by atoms with Crippen LogP contribution in [-0.2, 0) is 11.3 Å². The van der Waals surface area contributed by atoms with Crippen molar-refractivity contribution in [2.45, 2.75) is 19.0 Å². The van der Waals surface area contributed by atoms with Crippen LogP contribution in [0.2, 0.25) is 5.02 Å². The standard InChI is InChI=1S/C17H26ClN3O2S.ClH/c1-23-16-4-3-14(18)11-13(16)12-20-6-8-21(9-7-20)17(22)15(19)5-10-24-2;/h3-4,11,15H,5-10,12,19H2,1-2H3;1H/t15-;/m0./s1. The van der Waals surface area contributed by atoms with Gasteiger partial charge in [-0.1, -0.05) is 11.6 Å². The van der Waals surface area contributed by atoms with Gasteiger partial charge in [-0.05, 0) is 36.6 Å². The van der Waals surface area contributed by atoms with E-state index in [9.17, 15) is 4.79 Å². The Kier molecular flexibility index (Phi) is 9.97. The van der Waals surface area contributed by atoms with Crippen molar-refractivity contribution in [3.05, 3.63) is 28.8 Å². The zero-order chi connectivity index (χ0) is 17.5. The average Bonchev–Trinajstić information content (AvgIpc) is 2.60. The first-order valence-electron chi connectivity index (χ1n) is 8.13. The molecule has 1 saturated heterocycles. The molecule has 1 heterocycles. The van der Waals surface area contributed by atoms with Crippen molar-refractivity contribution in [3.8, 4) is 5.75 Å². The van der Waals surface area contributed by atoms with E-state index in [0.29, 0.717) is 18.1 Å². The molecule has 0 bridgehead atoms. The summed E-state index contributed by atoms with van der Waals surface area (Å²) in [7, 11) is 1.67. The summed E-state index contributed by atoms with van der Waals surface area (Å²) in [5.41, 5.74) is 7.07. The molecule has 0 unspecified atom stereocenters.